The molecule has 1 unspecified atom stereocenters. The summed E-state index contributed by atoms with van der Waals surface area (Å²) in [5, 5.41) is 7.85. The minimum absolute atomic E-state index is 0.0105. The maximum absolute atomic E-state index is 13.0. The van der Waals surface area contributed by atoms with Gasteiger partial charge in [-0.1, -0.05) is 30.3 Å². The second kappa shape index (κ2) is 9.79. The summed E-state index contributed by atoms with van der Waals surface area (Å²) in [6, 6.07) is 12.3. The molecular formula is C25H34N6O. The van der Waals surface area contributed by atoms with Crippen molar-refractivity contribution in [1.29, 1.82) is 0 Å². The van der Waals surface area contributed by atoms with Crippen LogP contribution < -0.4 is 5.32 Å². The molecule has 7 nitrogen and oxygen atoms in total. The van der Waals surface area contributed by atoms with Crippen molar-refractivity contribution in [2.24, 2.45) is 0 Å². The first-order valence-corrected chi connectivity index (χ1v) is 11.5. The average Bonchev–Trinajstić information content (AvgIpc) is 3.15. The number of carbonyl (C=O) groups is 1. The Morgan fingerprint density at radius 3 is 2.53 bits per heavy atom. The maximum atomic E-state index is 13.0. The van der Waals surface area contributed by atoms with Crippen LogP contribution in [0.15, 0.2) is 36.4 Å². The number of piperazine rings is 1. The smallest absolute Gasteiger partial charge is 0.220 e. The zero-order valence-corrected chi connectivity index (χ0v) is 19.6. The number of aryl methyl sites for hydroxylation is 3. The molecule has 0 aliphatic carbocycles. The summed E-state index contributed by atoms with van der Waals surface area (Å²) in [5.41, 5.74) is 6.10. The quantitative estimate of drug-likeness (QED) is 0.619. The van der Waals surface area contributed by atoms with E-state index in [1.54, 1.807) is 0 Å². The predicted molar refractivity (Wildman–Crippen MR) is 127 cm³/mol. The number of amides is 1. The van der Waals surface area contributed by atoms with E-state index in [2.05, 4.69) is 51.3 Å². The van der Waals surface area contributed by atoms with E-state index < -0.39 is 0 Å². The van der Waals surface area contributed by atoms with E-state index in [1.165, 1.54) is 0 Å². The molecule has 1 aliphatic rings. The zero-order valence-electron chi connectivity index (χ0n) is 19.6. The van der Waals surface area contributed by atoms with Gasteiger partial charge >= 0.3 is 0 Å². The van der Waals surface area contributed by atoms with Gasteiger partial charge in [0.1, 0.15) is 0 Å². The number of likely N-dealkylation sites (N-methyl/N-ethyl adjacent to an activating group) is 1. The van der Waals surface area contributed by atoms with Crippen molar-refractivity contribution in [2.45, 2.75) is 39.7 Å². The second-order valence-corrected chi connectivity index (χ2v) is 8.95. The first-order valence-electron chi connectivity index (χ1n) is 11.5. The first-order chi connectivity index (χ1) is 15.4. The van der Waals surface area contributed by atoms with Gasteiger partial charge in [-0.15, -0.1) is 0 Å². The standard InChI is InChI=1S/C25H34N6O/c1-18-16-24-26-19(2)22(20(3)31(24)28-18)10-11-25(32)27-23(21-8-6-5-7-9-21)17-30-14-12-29(4)13-15-30/h5-9,16,23H,10-15,17H2,1-4H3,(H,27,32). The minimum Gasteiger partial charge on any atom is -0.348 e. The van der Waals surface area contributed by atoms with Crippen molar-refractivity contribution in [3.8, 4) is 0 Å². The molecule has 2 aromatic heterocycles. The third-order valence-electron chi connectivity index (χ3n) is 6.46. The van der Waals surface area contributed by atoms with Gasteiger partial charge in [-0.25, -0.2) is 9.50 Å². The van der Waals surface area contributed by atoms with Crippen LogP contribution in [0.25, 0.3) is 5.65 Å². The molecule has 1 saturated heterocycles. The summed E-state index contributed by atoms with van der Waals surface area (Å²) in [5.74, 6) is 0.0727. The molecule has 1 atom stereocenters. The summed E-state index contributed by atoms with van der Waals surface area (Å²) in [4.78, 5) is 22.5. The molecule has 170 valence electrons. The third-order valence-corrected chi connectivity index (χ3v) is 6.46. The number of nitrogens with zero attached hydrogens (tertiary/aromatic N) is 5. The minimum atomic E-state index is -0.0105. The van der Waals surface area contributed by atoms with Crippen molar-refractivity contribution < 1.29 is 4.79 Å². The van der Waals surface area contributed by atoms with Gasteiger partial charge in [0, 0.05) is 56.6 Å². The Labute approximate surface area is 190 Å². The number of hydrogen-bond donors (Lipinski definition) is 1. The summed E-state index contributed by atoms with van der Waals surface area (Å²) in [7, 11) is 2.16. The molecule has 1 amide bonds. The van der Waals surface area contributed by atoms with E-state index in [4.69, 9.17) is 0 Å². The molecule has 3 heterocycles. The monoisotopic (exact) mass is 434 g/mol. The lowest BCUT2D eigenvalue weighted by atomic mass is 10.0. The zero-order chi connectivity index (χ0) is 22.7. The van der Waals surface area contributed by atoms with Crippen LogP contribution in [-0.2, 0) is 11.2 Å². The Morgan fingerprint density at radius 2 is 1.81 bits per heavy atom. The molecule has 1 aliphatic heterocycles. The van der Waals surface area contributed by atoms with Crippen molar-refractivity contribution in [1.82, 2.24) is 29.7 Å². The van der Waals surface area contributed by atoms with Crippen molar-refractivity contribution >= 4 is 11.6 Å². The van der Waals surface area contributed by atoms with Gasteiger partial charge in [-0.3, -0.25) is 9.69 Å². The fourth-order valence-corrected chi connectivity index (χ4v) is 4.52. The molecular weight excluding hydrogens is 400 g/mol. The summed E-state index contributed by atoms with van der Waals surface area (Å²) in [6.07, 6.45) is 1.09. The van der Waals surface area contributed by atoms with Gasteiger partial charge < -0.3 is 10.2 Å². The van der Waals surface area contributed by atoms with E-state index in [0.717, 1.165) is 66.6 Å². The number of rotatable bonds is 7. The Balaban J connectivity index is 1.44. The number of benzene rings is 1. The average molecular weight is 435 g/mol. The lowest BCUT2D eigenvalue weighted by molar-refractivity contribution is -0.122. The lowest BCUT2D eigenvalue weighted by Crippen LogP contribution is -2.47. The maximum Gasteiger partial charge on any atom is 0.220 e. The fourth-order valence-electron chi connectivity index (χ4n) is 4.52. The van der Waals surface area contributed by atoms with E-state index in [9.17, 15) is 4.79 Å². The van der Waals surface area contributed by atoms with E-state index in [-0.39, 0.29) is 11.9 Å². The molecule has 0 spiro atoms. The molecule has 0 bridgehead atoms. The molecule has 0 radical (unpaired) electrons. The Kier molecular flexibility index (Phi) is 6.86. The number of nitrogens with one attached hydrogen (secondary N) is 1. The molecule has 7 heteroatoms. The summed E-state index contributed by atoms with van der Waals surface area (Å²) in [6.45, 7) is 11.1. The molecule has 32 heavy (non-hydrogen) atoms. The van der Waals surface area contributed by atoms with Gasteiger partial charge in [0.05, 0.1) is 11.7 Å². The molecule has 1 N–H and O–H groups in total. The van der Waals surface area contributed by atoms with Gasteiger partial charge in [0.2, 0.25) is 5.91 Å². The van der Waals surface area contributed by atoms with Gasteiger partial charge in [0.25, 0.3) is 0 Å². The Bertz CT molecular complexity index is 1070. The van der Waals surface area contributed by atoms with Crippen LogP contribution in [-0.4, -0.2) is 70.1 Å². The highest BCUT2D eigenvalue weighted by Gasteiger charge is 2.21. The molecule has 1 aromatic carbocycles. The lowest BCUT2D eigenvalue weighted by Gasteiger charge is -2.35. The second-order valence-electron chi connectivity index (χ2n) is 8.95. The van der Waals surface area contributed by atoms with Crippen molar-refractivity contribution in [2.75, 3.05) is 39.8 Å². The van der Waals surface area contributed by atoms with Gasteiger partial charge in [-0.2, -0.15) is 5.10 Å². The van der Waals surface area contributed by atoms with Crippen molar-refractivity contribution in [3.63, 3.8) is 0 Å². The van der Waals surface area contributed by atoms with E-state index >= 15 is 0 Å². The number of carbonyl (C=O) groups excluding carboxylic acids is 1. The number of hydrogen-bond acceptors (Lipinski definition) is 5. The van der Waals surface area contributed by atoms with Gasteiger partial charge in [-0.05, 0) is 45.4 Å². The van der Waals surface area contributed by atoms with Crippen LogP contribution in [0.4, 0.5) is 0 Å². The highest BCUT2D eigenvalue weighted by atomic mass is 16.1. The van der Waals surface area contributed by atoms with Crippen LogP contribution >= 0.6 is 0 Å². The molecule has 3 aromatic rings. The highest BCUT2D eigenvalue weighted by molar-refractivity contribution is 5.76. The Morgan fingerprint density at radius 1 is 1.09 bits per heavy atom. The van der Waals surface area contributed by atoms with Gasteiger partial charge in [0.15, 0.2) is 5.65 Å². The number of aromatic nitrogens is 3. The van der Waals surface area contributed by atoms with E-state index in [1.807, 2.05) is 42.6 Å². The SMILES string of the molecule is Cc1cc2nc(C)c(CCC(=O)NC(CN3CCN(C)CC3)c3ccccc3)c(C)n2n1. The highest BCUT2D eigenvalue weighted by Crippen LogP contribution is 2.19. The fraction of sp³-hybridized carbons (Fsp3) is 0.480. The predicted octanol–water partition coefficient (Wildman–Crippen LogP) is 2.69. The van der Waals surface area contributed by atoms with Crippen LogP contribution in [0, 0.1) is 20.8 Å². The summed E-state index contributed by atoms with van der Waals surface area (Å²) < 4.78 is 1.88. The van der Waals surface area contributed by atoms with Crippen LogP contribution in [0.1, 0.15) is 40.7 Å². The third kappa shape index (κ3) is 5.16. The first kappa shape index (κ1) is 22.4. The molecule has 0 saturated carbocycles. The largest absolute Gasteiger partial charge is 0.348 e. The van der Waals surface area contributed by atoms with Crippen LogP contribution in [0.5, 0.6) is 0 Å². The summed E-state index contributed by atoms with van der Waals surface area (Å²) >= 11 is 0. The Hall–Kier alpha value is -2.77. The normalized spacial score (nSPS) is 16.4. The van der Waals surface area contributed by atoms with Crippen molar-refractivity contribution in [3.05, 3.63) is 64.6 Å². The van der Waals surface area contributed by atoms with Crippen LogP contribution in [0.3, 0.4) is 0 Å². The van der Waals surface area contributed by atoms with E-state index in [0.29, 0.717) is 12.8 Å². The van der Waals surface area contributed by atoms with Crippen LogP contribution in [0.2, 0.25) is 0 Å². The molecule has 1 fully saturated rings. The topological polar surface area (TPSA) is 65.8 Å². The number of fused-ring (bicyclic) bond motifs is 1. The molecule has 4 rings (SSSR count).